The molecule has 1 unspecified atom stereocenters. The molecular weight excluding hydrogens is 278 g/mol. The minimum atomic E-state index is -1.21. The van der Waals surface area contributed by atoms with Gasteiger partial charge in [0.05, 0.1) is 5.69 Å². The Bertz CT molecular complexity index is 552. The van der Waals surface area contributed by atoms with Crippen LogP contribution in [0.5, 0.6) is 0 Å². The first-order valence-corrected chi connectivity index (χ1v) is 6.56. The van der Waals surface area contributed by atoms with E-state index in [4.69, 9.17) is 5.11 Å². The lowest BCUT2D eigenvalue weighted by Gasteiger charge is -2.16. The van der Waals surface area contributed by atoms with Gasteiger partial charge in [0.25, 0.3) is 5.91 Å². The molecule has 0 aliphatic rings. The van der Waals surface area contributed by atoms with Crippen LogP contribution in [0.25, 0.3) is 0 Å². The van der Waals surface area contributed by atoms with Crippen molar-refractivity contribution in [2.45, 2.75) is 39.7 Å². The summed E-state index contributed by atoms with van der Waals surface area (Å²) < 4.78 is 1.22. The highest BCUT2D eigenvalue weighted by Crippen LogP contribution is 2.21. The van der Waals surface area contributed by atoms with E-state index in [2.05, 4.69) is 20.9 Å². The number of aromatic nitrogens is 3. The number of carboxylic acids is 1. The van der Waals surface area contributed by atoms with Gasteiger partial charge in [-0.05, 0) is 19.8 Å². The van der Waals surface area contributed by atoms with Crippen molar-refractivity contribution in [2.24, 2.45) is 0 Å². The highest BCUT2D eigenvalue weighted by molar-refractivity contribution is 5.96. The number of hydrogen-bond acceptors (Lipinski definition) is 5. The fraction of sp³-hybridized carbons (Fsp3) is 0.583. The van der Waals surface area contributed by atoms with E-state index in [0.29, 0.717) is 12.2 Å². The zero-order valence-electron chi connectivity index (χ0n) is 12.4. The third-order valence-corrected chi connectivity index (χ3v) is 2.80. The van der Waals surface area contributed by atoms with Gasteiger partial charge in [0.15, 0.2) is 5.69 Å². The summed E-state index contributed by atoms with van der Waals surface area (Å²) in [5.41, 5.74) is 0.142. The molecule has 0 bridgehead atoms. The number of amides is 3. The number of carboxylic acid groups (broad SMARTS) is 1. The minimum Gasteiger partial charge on any atom is -0.476 e. The van der Waals surface area contributed by atoms with E-state index in [1.807, 2.05) is 0 Å². The van der Waals surface area contributed by atoms with Crippen molar-refractivity contribution in [1.82, 2.24) is 25.6 Å². The van der Waals surface area contributed by atoms with Crippen LogP contribution in [0.4, 0.5) is 4.79 Å². The molecule has 0 saturated carbocycles. The smallest absolute Gasteiger partial charge is 0.358 e. The highest BCUT2D eigenvalue weighted by atomic mass is 16.4. The monoisotopic (exact) mass is 297 g/mol. The average Bonchev–Trinajstić information content (AvgIpc) is 2.82. The van der Waals surface area contributed by atoms with Crippen molar-refractivity contribution in [2.75, 3.05) is 6.54 Å². The third-order valence-electron chi connectivity index (χ3n) is 2.80. The SMILES string of the molecule is CCNC(=O)NC(=O)C(C)n1nnc(C(=O)O)c1C(C)C. The number of hydrogen-bond donors (Lipinski definition) is 3. The molecule has 9 nitrogen and oxygen atoms in total. The zero-order valence-corrected chi connectivity index (χ0v) is 12.4. The van der Waals surface area contributed by atoms with Gasteiger partial charge in [-0.25, -0.2) is 14.3 Å². The van der Waals surface area contributed by atoms with Crippen LogP contribution in [0, 0.1) is 0 Å². The van der Waals surface area contributed by atoms with E-state index in [-0.39, 0.29) is 11.6 Å². The molecule has 116 valence electrons. The number of aromatic carboxylic acids is 1. The lowest BCUT2D eigenvalue weighted by atomic mass is 10.1. The van der Waals surface area contributed by atoms with Gasteiger partial charge in [0.1, 0.15) is 6.04 Å². The van der Waals surface area contributed by atoms with Crippen LogP contribution < -0.4 is 10.6 Å². The second-order valence-corrected chi connectivity index (χ2v) is 4.75. The summed E-state index contributed by atoms with van der Waals surface area (Å²) >= 11 is 0. The van der Waals surface area contributed by atoms with Crippen molar-refractivity contribution < 1.29 is 19.5 Å². The average molecular weight is 297 g/mol. The fourth-order valence-electron chi connectivity index (χ4n) is 1.81. The number of urea groups is 1. The number of nitrogens with one attached hydrogen (secondary N) is 2. The summed E-state index contributed by atoms with van der Waals surface area (Å²) in [7, 11) is 0. The maximum atomic E-state index is 12.0. The quantitative estimate of drug-likeness (QED) is 0.726. The number of carbonyl (C=O) groups excluding carboxylic acids is 2. The largest absolute Gasteiger partial charge is 0.476 e. The van der Waals surface area contributed by atoms with Crippen LogP contribution in [-0.4, -0.2) is 44.6 Å². The van der Waals surface area contributed by atoms with Crippen LogP contribution in [-0.2, 0) is 4.79 Å². The minimum absolute atomic E-state index is 0.189. The van der Waals surface area contributed by atoms with Gasteiger partial charge in [0.2, 0.25) is 0 Å². The molecule has 9 heteroatoms. The van der Waals surface area contributed by atoms with Crippen LogP contribution in [0.2, 0.25) is 0 Å². The molecule has 0 radical (unpaired) electrons. The molecule has 0 aliphatic carbocycles. The van der Waals surface area contributed by atoms with E-state index < -0.39 is 23.9 Å². The van der Waals surface area contributed by atoms with E-state index in [1.54, 1.807) is 20.8 Å². The number of rotatable bonds is 5. The predicted octanol–water partition coefficient (Wildman–Crippen LogP) is 0.506. The van der Waals surface area contributed by atoms with E-state index >= 15 is 0 Å². The predicted molar refractivity (Wildman–Crippen MR) is 73.0 cm³/mol. The number of nitrogens with zero attached hydrogens (tertiary/aromatic N) is 3. The maximum Gasteiger partial charge on any atom is 0.358 e. The van der Waals surface area contributed by atoms with Gasteiger partial charge in [-0.15, -0.1) is 5.10 Å². The Kier molecular flexibility index (Phi) is 5.39. The highest BCUT2D eigenvalue weighted by Gasteiger charge is 2.27. The fourth-order valence-corrected chi connectivity index (χ4v) is 1.81. The summed E-state index contributed by atoms with van der Waals surface area (Å²) in [5, 5.41) is 21.0. The first-order valence-electron chi connectivity index (χ1n) is 6.56. The molecule has 1 heterocycles. The molecule has 0 aromatic carbocycles. The molecule has 3 amide bonds. The van der Waals surface area contributed by atoms with Crippen LogP contribution in [0.15, 0.2) is 0 Å². The van der Waals surface area contributed by atoms with Crippen molar-refractivity contribution >= 4 is 17.9 Å². The van der Waals surface area contributed by atoms with Gasteiger partial charge in [-0.1, -0.05) is 19.1 Å². The molecule has 1 aromatic rings. The summed E-state index contributed by atoms with van der Waals surface area (Å²) in [5.74, 6) is -1.99. The molecule has 21 heavy (non-hydrogen) atoms. The Labute approximate surface area is 121 Å². The Hall–Kier alpha value is -2.45. The standard InChI is InChI=1S/C12H19N5O4/c1-5-13-12(21)14-10(18)7(4)17-9(6(2)3)8(11(19)20)15-16-17/h6-7H,5H2,1-4H3,(H,19,20)(H2,13,14,18,21). The Morgan fingerprint density at radius 1 is 1.29 bits per heavy atom. The summed E-state index contributed by atoms with van der Waals surface area (Å²) in [4.78, 5) is 34.4. The van der Waals surface area contributed by atoms with Crippen molar-refractivity contribution in [1.29, 1.82) is 0 Å². The lowest BCUT2D eigenvalue weighted by Crippen LogP contribution is -2.42. The normalized spacial score (nSPS) is 12.0. The van der Waals surface area contributed by atoms with Crippen molar-refractivity contribution in [3.05, 3.63) is 11.4 Å². The molecule has 1 rings (SSSR count). The summed E-state index contributed by atoms with van der Waals surface area (Å²) in [6.45, 7) is 7.17. The van der Waals surface area contributed by atoms with Crippen LogP contribution in [0.1, 0.15) is 55.8 Å². The van der Waals surface area contributed by atoms with Crippen molar-refractivity contribution in [3.8, 4) is 0 Å². The second-order valence-electron chi connectivity index (χ2n) is 4.75. The zero-order chi connectivity index (χ0) is 16.2. The molecule has 0 spiro atoms. The van der Waals surface area contributed by atoms with Crippen LogP contribution >= 0.6 is 0 Å². The number of carbonyl (C=O) groups is 3. The van der Waals surface area contributed by atoms with E-state index in [9.17, 15) is 14.4 Å². The topological polar surface area (TPSA) is 126 Å². The molecule has 3 N–H and O–H groups in total. The molecule has 0 aliphatic heterocycles. The van der Waals surface area contributed by atoms with Gasteiger partial charge in [-0.3, -0.25) is 10.1 Å². The Morgan fingerprint density at radius 2 is 1.90 bits per heavy atom. The molecular formula is C12H19N5O4. The van der Waals surface area contributed by atoms with Crippen molar-refractivity contribution in [3.63, 3.8) is 0 Å². The molecule has 1 atom stereocenters. The molecule has 0 fully saturated rings. The lowest BCUT2D eigenvalue weighted by molar-refractivity contribution is -0.123. The third kappa shape index (κ3) is 3.77. The number of imide groups is 1. The van der Waals surface area contributed by atoms with Gasteiger partial charge in [0, 0.05) is 6.54 Å². The van der Waals surface area contributed by atoms with Gasteiger partial charge in [-0.2, -0.15) is 0 Å². The maximum absolute atomic E-state index is 12.0. The van der Waals surface area contributed by atoms with Gasteiger partial charge >= 0.3 is 12.0 Å². The second kappa shape index (κ2) is 6.82. The van der Waals surface area contributed by atoms with Gasteiger partial charge < -0.3 is 10.4 Å². The first-order chi connectivity index (χ1) is 9.79. The van der Waals surface area contributed by atoms with E-state index in [1.165, 1.54) is 11.6 Å². The molecule has 1 aromatic heterocycles. The summed E-state index contributed by atoms with van der Waals surface area (Å²) in [6.07, 6.45) is 0. The Balaban J connectivity index is 3.02. The first kappa shape index (κ1) is 16.6. The molecule has 0 saturated heterocycles. The summed E-state index contributed by atoms with van der Waals surface area (Å²) in [6, 6.07) is -1.47. The van der Waals surface area contributed by atoms with E-state index in [0.717, 1.165) is 0 Å². The van der Waals surface area contributed by atoms with Crippen LogP contribution in [0.3, 0.4) is 0 Å². The Morgan fingerprint density at radius 3 is 2.38 bits per heavy atom.